The highest BCUT2D eigenvalue weighted by atomic mass is 32.2. The van der Waals surface area contributed by atoms with Gasteiger partial charge in [-0.1, -0.05) is 17.3 Å². The molecule has 30 heavy (non-hydrogen) atoms. The molecule has 1 aromatic heterocycles. The Morgan fingerprint density at radius 1 is 1.27 bits per heavy atom. The SMILES string of the molecule is COCCN1[C@@H]2CCN(C(=O)c3cnoc3C)CC[C@H]2Oc2ccccc2S1(=O)=O. The Morgan fingerprint density at radius 3 is 2.77 bits per heavy atom. The van der Waals surface area contributed by atoms with Crippen LogP contribution in [0, 0.1) is 6.92 Å². The molecule has 1 saturated heterocycles. The third-order valence-electron chi connectivity index (χ3n) is 5.68. The summed E-state index contributed by atoms with van der Waals surface area (Å²) in [5.74, 6) is 0.645. The minimum atomic E-state index is -3.77. The first-order valence-corrected chi connectivity index (χ1v) is 11.3. The van der Waals surface area contributed by atoms with E-state index in [1.165, 1.54) is 10.5 Å². The lowest BCUT2D eigenvalue weighted by Gasteiger charge is -2.31. The molecule has 10 heteroatoms. The summed E-state index contributed by atoms with van der Waals surface area (Å²) in [6, 6.07) is 6.30. The number of aryl methyl sites for hydroxylation is 1. The van der Waals surface area contributed by atoms with E-state index in [-0.39, 0.29) is 30.1 Å². The third kappa shape index (κ3) is 3.70. The first-order chi connectivity index (χ1) is 14.4. The molecule has 0 unspecified atom stereocenters. The molecule has 0 aliphatic carbocycles. The van der Waals surface area contributed by atoms with Gasteiger partial charge < -0.3 is 18.9 Å². The Balaban J connectivity index is 1.66. The smallest absolute Gasteiger partial charge is 0.259 e. The fraction of sp³-hybridized carbons (Fsp3) is 0.500. The molecule has 4 rings (SSSR count). The molecule has 2 atom stereocenters. The zero-order valence-electron chi connectivity index (χ0n) is 17.0. The number of sulfonamides is 1. The summed E-state index contributed by atoms with van der Waals surface area (Å²) < 4.78 is 44.7. The highest BCUT2D eigenvalue weighted by molar-refractivity contribution is 7.89. The van der Waals surface area contributed by atoms with Gasteiger partial charge in [0.25, 0.3) is 5.91 Å². The molecule has 0 bridgehead atoms. The van der Waals surface area contributed by atoms with Gasteiger partial charge in [0.05, 0.1) is 18.8 Å². The van der Waals surface area contributed by atoms with Crippen LogP contribution >= 0.6 is 0 Å². The highest BCUT2D eigenvalue weighted by Gasteiger charge is 2.43. The summed E-state index contributed by atoms with van der Waals surface area (Å²) in [7, 11) is -2.22. The van der Waals surface area contributed by atoms with E-state index < -0.39 is 16.1 Å². The Labute approximate surface area is 175 Å². The number of carbonyl (C=O) groups is 1. The summed E-state index contributed by atoms with van der Waals surface area (Å²) in [5, 5.41) is 3.69. The molecule has 3 heterocycles. The van der Waals surface area contributed by atoms with Crippen LogP contribution < -0.4 is 4.74 Å². The van der Waals surface area contributed by atoms with Gasteiger partial charge in [-0.15, -0.1) is 0 Å². The van der Waals surface area contributed by atoms with E-state index in [1.54, 1.807) is 43.2 Å². The molecule has 162 valence electrons. The maximum atomic E-state index is 13.4. The number of likely N-dealkylation sites (tertiary alicyclic amines) is 1. The van der Waals surface area contributed by atoms with Crippen molar-refractivity contribution in [3.05, 3.63) is 41.8 Å². The zero-order chi connectivity index (χ0) is 21.3. The largest absolute Gasteiger partial charge is 0.487 e. The second-order valence-electron chi connectivity index (χ2n) is 7.44. The summed E-state index contributed by atoms with van der Waals surface area (Å²) >= 11 is 0. The van der Waals surface area contributed by atoms with Gasteiger partial charge in [-0.2, -0.15) is 4.31 Å². The molecular weight excluding hydrogens is 410 g/mol. The number of para-hydroxylation sites is 1. The molecule has 0 spiro atoms. The van der Waals surface area contributed by atoms with Crippen molar-refractivity contribution >= 4 is 15.9 Å². The minimum Gasteiger partial charge on any atom is -0.487 e. The number of hydrogen-bond acceptors (Lipinski definition) is 7. The number of amides is 1. The number of carbonyl (C=O) groups excluding carboxylic acids is 1. The van der Waals surface area contributed by atoms with Gasteiger partial charge in [-0.3, -0.25) is 4.79 Å². The average molecular weight is 436 g/mol. The number of ether oxygens (including phenoxy) is 2. The average Bonchev–Trinajstić information content (AvgIpc) is 3.01. The number of rotatable bonds is 4. The number of fused-ring (bicyclic) bond motifs is 2. The van der Waals surface area contributed by atoms with Crippen LogP contribution in [0.25, 0.3) is 0 Å². The van der Waals surface area contributed by atoms with Gasteiger partial charge in [0.1, 0.15) is 28.1 Å². The summed E-state index contributed by atoms with van der Waals surface area (Å²) in [5.41, 5.74) is 0.423. The van der Waals surface area contributed by atoms with Crippen molar-refractivity contribution in [3.8, 4) is 5.75 Å². The lowest BCUT2D eigenvalue weighted by molar-refractivity contribution is 0.0753. The van der Waals surface area contributed by atoms with Crippen LogP contribution in [-0.4, -0.2) is 74.2 Å². The van der Waals surface area contributed by atoms with Crippen LogP contribution in [0.5, 0.6) is 5.75 Å². The summed E-state index contributed by atoms with van der Waals surface area (Å²) in [6.07, 6.45) is 2.01. The van der Waals surface area contributed by atoms with E-state index >= 15 is 0 Å². The van der Waals surface area contributed by atoms with Crippen LogP contribution in [0.4, 0.5) is 0 Å². The van der Waals surface area contributed by atoms with Gasteiger partial charge in [0.2, 0.25) is 10.0 Å². The molecular formula is C20H25N3O6S. The lowest BCUT2D eigenvalue weighted by atomic mass is 10.1. The lowest BCUT2D eigenvalue weighted by Crippen LogP contribution is -2.48. The van der Waals surface area contributed by atoms with Gasteiger partial charge in [-0.05, 0) is 25.5 Å². The van der Waals surface area contributed by atoms with Crippen molar-refractivity contribution in [2.45, 2.75) is 36.8 Å². The van der Waals surface area contributed by atoms with E-state index in [9.17, 15) is 13.2 Å². The van der Waals surface area contributed by atoms with E-state index in [0.29, 0.717) is 43.0 Å². The molecule has 1 amide bonds. The van der Waals surface area contributed by atoms with Crippen LogP contribution in [-0.2, 0) is 14.8 Å². The first-order valence-electron chi connectivity index (χ1n) is 9.90. The van der Waals surface area contributed by atoms with Crippen molar-refractivity contribution in [2.75, 3.05) is 33.4 Å². The zero-order valence-corrected chi connectivity index (χ0v) is 17.8. The first kappa shape index (κ1) is 20.8. The maximum Gasteiger partial charge on any atom is 0.259 e. The predicted octanol–water partition coefficient (Wildman–Crippen LogP) is 1.69. The monoisotopic (exact) mass is 435 g/mol. The number of nitrogens with zero attached hydrogens (tertiary/aromatic N) is 3. The van der Waals surface area contributed by atoms with Gasteiger partial charge in [0.15, 0.2) is 0 Å². The molecule has 1 aromatic carbocycles. The van der Waals surface area contributed by atoms with E-state index in [0.717, 1.165) is 0 Å². The van der Waals surface area contributed by atoms with Gasteiger partial charge in [-0.25, -0.2) is 8.42 Å². The Hall–Kier alpha value is -2.43. The van der Waals surface area contributed by atoms with Crippen LogP contribution in [0.15, 0.2) is 39.9 Å². The van der Waals surface area contributed by atoms with E-state index in [1.807, 2.05) is 0 Å². The third-order valence-corrected chi connectivity index (χ3v) is 7.64. The second kappa shape index (κ2) is 8.37. The molecule has 0 saturated carbocycles. The van der Waals surface area contributed by atoms with E-state index in [2.05, 4.69) is 5.16 Å². The standard InChI is InChI=1S/C20H25N3O6S/c1-14-15(13-21-29-14)20(24)22-9-7-16-17(8-10-22)28-18-5-3-4-6-19(18)30(25,26)23(16)11-12-27-2/h3-6,13,16-17H,7-12H2,1-2H3/t16-,17-/m1/s1. The summed E-state index contributed by atoms with van der Waals surface area (Å²) in [4.78, 5) is 14.8. The number of aromatic nitrogens is 1. The fourth-order valence-corrected chi connectivity index (χ4v) is 5.89. The van der Waals surface area contributed by atoms with Gasteiger partial charge >= 0.3 is 0 Å². The summed E-state index contributed by atoms with van der Waals surface area (Å²) in [6.45, 7) is 3.04. The quantitative estimate of drug-likeness (QED) is 0.720. The minimum absolute atomic E-state index is 0.169. The van der Waals surface area contributed by atoms with Crippen molar-refractivity contribution in [3.63, 3.8) is 0 Å². The Kier molecular flexibility index (Phi) is 5.81. The molecule has 1 fully saturated rings. The van der Waals surface area contributed by atoms with E-state index in [4.69, 9.17) is 14.0 Å². The van der Waals surface area contributed by atoms with Crippen molar-refractivity contribution < 1.29 is 27.2 Å². The topological polar surface area (TPSA) is 102 Å². The highest BCUT2D eigenvalue weighted by Crippen LogP contribution is 2.36. The second-order valence-corrected chi connectivity index (χ2v) is 9.30. The molecule has 9 nitrogen and oxygen atoms in total. The molecule has 2 aromatic rings. The normalized spacial score (nSPS) is 23.6. The van der Waals surface area contributed by atoms with Gasteiger partial charge in [0, 0.05) is 33.2 Å². The molecule has 2 aliphatic heterocycles. The van der Waals surface area contributed by atoms with Crippen molar-refractivity contribution in [2.24, 2.45) is 0 Å². The Morgan fingerprint density at radius 2 is 2.03 bits per heavy atom. The molecule has 2 aliphatic rings. The predicted molar refractivity (Wildman–Crippen MR) is 107 cm³/mol. The van der Waals surface area contributed by atoms with Crippen LogP contribution in [0.2, 0.25) is 0 Å². The fourth-order valence-electron chi connectivity index (χ4n) is 4.10. The Bertz CT molecular complexity index is 1020. The molecule has 0 radical (unpaired) electrons. The number of hydrogen-bond donors (Lipinski definition) is 0. The van der Waals surface area contributed by atoms with Crippen LogP contribution in [0.3, 0.4) is 0 Å². The maximum absolute atomic E-state index is 13.4. The van der Waals surface area contributed by atoms with Crippen LogP contribution in [0.1, 0.15) is 29.0 Å². The number of benzene rings is 1. The van der Waals surface area contributed by atoms with Crippen molar-refractivity contribution in [1.82, 2.24) is 14.4 Å². The molecule has 0 N–H and O–H groups in total. The van der Waals surface area contributed by atoms with Crippen molar-refractivity contribution in [1.29, 1.82) is 0 Å². The number of methoxy groups -OCH3 is 1.